The molecule has 0 unspecified atom stereocenters. The molecular weight excluding hydrogens is 316 g/mol. The molecular formula is C19H24N4O2. The lowest BCUT2D eigenvalue weighted by Crippen LogP contribution is -2.41. The smallest absolute Gasteiger partial charge is 0.255 e. The van der Waals surface area contributed by atoms with E-state index in [1.165, 1.54) is 0 Å². The fraction of sp³-hybridized carbons (Fsp3) is 0.421. The van der Waals surface area contributed by atoms with Gasteiger partial charge in [0.1, 0.15) is 6.04 Å². The summed E-state index contributed by atoms with van der Waals surface area (Å²) in [7, 11) is 0. The van der Waals surface area contributed by atoms with E-state index in [0.717, 1.165) is 5.69 Å². The van der Waals surface area contributed by atoms with Crippen LogP contribution in [-0.2, 0) is 10.3 Å². The number of hydrogen-bond acceptors (Lipinski definition) is 3. The average Bonchev–Trinajstić information content (AvgIpc) is 3.14. The standard InChI is InChI=1S/C19H24N4O2/c1-13-10-16(18(25)23(13)15-8-6-5-7-9-15)21-17(24)14-11-20-22(12-14)19(2,3)4/h5-9,11-13,16H,10H2,1-4H3,(H,21,24)/t13-,16+/m0/s1. The van der Waals surface area contributed by atoms with Gasteiger partial charge in [-0.05, 0) is 46.2 Å². The molecule has 132 valence electrons. The van der Waals surface area contributed by atoms with Crippen molar-refractivity contribution >= 4 is 17.5 Å². The van der Waals surface area contributed by atoms with E-state index in [-0.39, 0.29) is 23.4 Å². The summed E-state index contributed by atoms with van der Waals surface area (Å²) in [4.78, 5) is 27.0. The van der Waals surface area contributed by atoms with Gasteiger partial charge in [0.25, 0.3) is 5.91 Å². The maximum absolute atomic E-state index is 12.7. The Morgan fingerprint density at radius 3 is 2.52 bits per heavy atom. The van der Waals surface area contributed by atoms with E-state index < -0.39 is 6.04 Å². The summed E-state index contributed by atoms with van der Waals surface area (Å²) in [6.07, 6.45) is 3.85. The van der Waals surface area contributed by atoms with Crippen LogP contribution >= 0.6 is 0 Å². The third-order valence-corrected chi connectivity index (χ3v) is 4.42. The van der Waals surface area contributed by atoms with Crippen molar-refractivity contribution in [3.05, 3.63) is 48.3 Å². The highest BCUT2D eigenvalue weighted by Gasteiger charge is 2.39. The second-order valence-corrected chi connectivity index (χ2v) is 7.50. The van der Waals surface area contributed by atoms with Gasteiger partial charge in [-0.25, -0.2) is 0 Å². The Labute approximate surface area is 147 Å². The molecule has 1 aromatic heterocycles. The third-order valence-electron chi connectivity index (χ3n) is 4.42. The maximum Gasteiger partial charge on any atom is 0.255 e. The Bertz CT molecular complexity index is 776. The Kier molecular flexibility index (Phi) is 4.37. The van der Waals surface area contributed by atoms with Crippen LogP contribution < -0.4 is 10.2 Å². The summed E-state index contributed by atoms with van der Waals surface area (Å²) in [5.74, 6) is -0.341. The van der Waals surface area contributed by atoms with Crippen LogP contribution in [0.2, 0.25) is 0 Å². The van der Waals surface area contributed by atoms with Gasteiger partial charge in [-0.2, -0.15) is 5.10 Å². The topological polar surface area (TPSA) is 67.2 Å². The number of amides is 2. The van der Waals surface area contributed by atoms with Gasteiger partial charge in [-0.3, -0.25) is 14.3 Å². The molecule has 0 saturated carbocycles. The Morgan fingerprint density at radius 2 is 1.92 bits per heavy atom. The molecule has 0 radical (unpaired) electrons. The highest BCUT2D eigenvalue weighted by atomic mass is 16.2. The first-order valence-electron chi connectivity index (χ1n) is 8.51. The van der Waals surface area contributed by atoms with Crippen molar-refractivity contribution < 1.29 is 9.59 Å². The number of anilines is 1. The molecule has 1 fully saturated rings. The Balaban J connectivity index is 1.72. The van der Waals surface area contributed by atoms with Gasteiger partial charge in [0.2, 0.25) is 5.91 Å². The van der Waals surface area contributed by atoms with Crippen LogP contribution in [0.1, 0.15) is 44.5 Å². The molecule has 2 amide bonds. The van der Waals surface area contributed by atoms with Crippen LogP contribution in [0, 0.1) is 0 Å². The predicted octanol–water partition coefficient (Wildman–Crippen LogP) is 2.56. The van der Waals surface area contributed by atoms with Crippen LogP contribution in [-0.4, -0.2) is 33.7 Å². The molecule has 1 aliphatic rings. The molecule has 6 heteroatoms. The van der Waals surface area contributed by atoms with Crippen molar-refractivity contribution in [2.24, 2.45) is 0 Å². The second-order valence-electron chi connectivity index (χ2n) is 7.50. The first-order chi connectivity index (χ1) is 11.8. The number of para-hydroxylation sites is 1. The summed E-state index contributed by atoms with van der Waals surface area (Å²) in [6, 6.07) is 9.07. The fourth-order valence-electron chi connectivity index (χ4n) is 3.07. The zero-order chi connectivity index (χ0) is 18.2. The number of carbonyl (C=O) groups is 2. The lowest BCUT2D eigenvalue weighted by Gasteiger charge is -2.21. The number of carbonyl (C=O) groups excluding carboxylic acids is 2. The first kappa shape index (κ1) is 17.2. The second kappa shape index (κ2) is 6.35. The van der Waals surface area contributed by atoms with E-state index in [9.17, 15) is 9.59 Å². The van der Waals surface area contributed by atoms with Gasteiger partial charge in [-0.15, -0.1) is 0 Å². The molecule has 1 aliphatic heterocycles. The summed E-state index contributed by atoms with van der Waals surface area (Å²) in [5.41, 5.74) is 1.13. The molecule has 3 rings (SSSR count). The van der Waals surface area contributed by atoms with Crippen molar-refractivity contribution in [3.8, 4) is 0 Å². The van der Waals surface area contributed by atoms with E-state index in [1.807, 2.05) is 58.0 Å². The number of nitrogens with one attached hydrogen (secondary N) is 1. The van der Waals surface area contributed by atoms with Crippen molar-refractivity contribution in [1.29, 1.82) is 0 Å². The number of rotatable bonds is 3. The Morgan fingerprint density at radius 1 is 1.24 bits per heavy atom. The van der Waals surface area contributed by atoms with Crippen molar-refractivity contribution in [3.63, 3.8) is 0 Å². The minimum atomic E-state index is -0.513. The van der Waals surface area contributed by atoms with E-state index in [1.54, 1.807) is 22.0 Å². The molecule has 2 aromatic rings. The SMILES string of the molecule is C[C@H]1C[C@@H](NC(=O)c2cnn(C(C)(C)C)c2)C(=O)N1c1ccccc1. The normalized spacial score (nSPS) is 20.8. The summed E-state index contributed by atoms with van der Waals surface area (Å²) in [5, 5.41) is 7.10. The minimum Gasteiger partial charge on any atom is -0.340 e. The van der Waals surface area contributed by atoms with Crippen LogP contribution in [0.3, 0.4) is 0 Å². The van der Waals surface area contributed by atoms with Gasteiger partial charge in [0, 0.05) is 17.9 Å². The monoisotopic (exact) mass is 340 g/mol. The van der Waals surface area contributed by atoms with E-state index in [0.29, 0.717) is 12.0 Å². The molecule has 0 bridgehead atoms. The fourth-order valence-corrected chi connectivity index (χ4v) is 3.07. The summed E-state index contributed by atoms with van der Waals surface area (Å²) < 4.78 is 1.75. The molecule has 1 aromatic carbocycles. The van der Waals surface area contributed by atoms with Crippen LogP contribution in [0.15, 0.2) is 42.7 Å². The lowest BCUT2D eigenvalue weighted by atomic mass is 10.1. The quantitative estimate of drug-likeness (QED) is 0.934. The van der Waals surface area contributed by atoms with Crippen LogP contribution in [0.4, 0.5) is 5.69 Å². The average molecular weight is 340 g/mol. The van der Waals surface area contributed by atoms with E-state index in [4.69, 9.17) is 0 Å². The van der Waals surface area contributed by atoms with Gasteiger partial charge in [0.15, 0.2) is 0 Å². The first-order valence-corrected chi connectivity index (χ1v) is 8.51. The highest BCUT2D eigenvalue weighted by molar-refractivity contribution is 6.04. The molecule has 1 saturated heterocycles. The number of hydrogen-bond donors (Lipinski definition) is 1. The van der Waals surface area contributed by atoms with Crippen molar-refractivity contribution in [2.45, 2.75) is 51.7 Å². The molecule has 0 aliphatic carbocycles. The van der Waals surface area contributed by atoms with Gasteiger partial charge in [0.05, 0.1) is 17.3 Å². The third kappa shape index (κ3) is 3.43. The zero-order valence-electron chi connectivity index (χ0n) is 15.1. The predicted molar refractivity (Wildman–Crippen MR) is 96.5 cm³/mol. The van der Waals surface area contributed by atoms with Gasteiger partial charge >= 0.3 is 0 Å². The number of aromatic nitrogens is 2. The molecule has 25 heavy (non-hydrogen) atoms. The molecule has 2 heterocycles. The highest BCUT2D eigenvalue weighted by Crippen LogP contribution is 2.26. The number of nitrogens with zero attached hydrogens (tertiary/aromatic N) is 3. The van der Waals surface area contributed by atoms with E-state index in [2.05, 4.69) is 10.4 Å². The molecule has 1 N–H and O–H groups in total. The van der Waals surface area contributed by atoms with Crippen LogP contribution in [0.5, 0.6) is 0 Å². The summed E-state index contributed by atoms with van der Waals surface area (Å²) >= 11 is 0. The molecule has 2 atom stereocenters. The minimum absolute atomic E-state index is 0.0394. The zero-order valence-corrected chi connectivity index (χ0v) is 15.1. The van der Waals surface area contributed by atoms with Gasteiger partial charge in [-0.1, -0.05) is 18.2 Å². The van der Waals surface area contributed by atoms with Crippen molar-refractivity contribution in [2.75, 3.05) is 4.90 Å². The van der Waals surface area contributed by atoms with Gasteiger partial charge < -0.3 is 10.2 Å². The lowest BCUT2D eigenvalue weighted by molar-refractivity contribution is -0.118. The van der Waals surface area contributed by atoms with Crippen molar-refractivity contribution in [1.82, 2.24) is 15.1 Å². The number of benzene rings is 1. The summed E-state index contributed by atoms with van der Waals surface area (Å²) in [6.45, 7) is 8.04. The van der Waals surface area contributed by atoms with E-state index >= 15 is 0 Å². The largest absolute Gasteiger partial charge is 0.340 e. The molecule has 0 spiro atoms. The molecule has 6 nitrogen and oxygen atoms in total. The Hall–Kier alpha value is -2.63. The maximum atomic E-state index is 12.7. The van der Waals surface area contributed by atoms with Crippen LogP contribution in [0.25, 0.3) is 0 Å².